The van der Waals surface area contributed by atoms with Gasteiger partial charge in [-0.1, -0.05) is 48.5 Å². The maximum atomic E-state index is 12.7. The molecule has 0 saturated carbocycles. The van der Waals surface area contributed by atoms with E-state index in [4.69, 9.17) is 9.47 Å². The molecule has 0 aliphatic carbocycles. The van der Waals surface area contributed by atoms with E-state index >= 15 is 0 Å². The SMILES string of the molecule is C=CCOc1cccc(NC(=O)c2cc(Br)ccc2OCC(C)C)c1. The van der Waals surface area contributed by atoms with Crippen LogP contribution in [0.5, 0.6) is 11.5 Å². The van der Waals surface area contributed by atoms with Crippen molar-refractivity contribution in [2.45, 2.75) is 13.8 Å². The number of hydrogen-bond acceptors (Lipinski definition) is 3. The van der Waals surface area contributed by atoms with E-state index in [9.17, 15) is 4.79 Å². The zero-order valence-corrected chi connectivity index (χ0v) is 16.0. The third kappa shape index (κ3) is 5.94. The van der Waals surface area contributed by atoms with Crippen LogP contribution in [0.1, 0.15) is 24.2 Å². The first-order valence-corrected chi connectivity index (χ1v) is 8.86. The van der Waals surface area contributed by atoms with Crippen LogP contribution < -0.4 is 14.8 Å². The number of hydrogen-bond donors (Lipinski definition) is 1. The van der Waals surface area contributed by atoms with Crippen molar-refractivity contribution in [2.24, 2.45) is 5.92 Å². The highest BCUT2D eigenvalue weighted by atomic mass is 79.9. The number of nitrogens with one attached hydrogen (secondary N) is 1. The van der Waals surface area contributed by atoms with Crippen molar-refractivity contribution < 1.29 is 14.3 Å². The lowest BCUT2D eigenvalue weighted by Gasteiger charge is -2.14. The maximum Gasteiger partial charge on any atom is 0.259 e. The third-order valence-corrected chi connectivity index (χ3v) is 3.71. The maximum absolute atomic E-state index is 12.7. The smallest absolute Gasteiger partial charge is 0.259 e. The van der Waals surface area contributed by atoms with E-state index in [1.54, 1.807) is 24.3 Å². The minimum atomic E-state index is -0.235. The van der Waals surface area contributed by atoms with Crippen molar-refractivity contribution in [3.63, 3.8) is 0 Å². The number of halogens is 1. The lowest BCUT2D eigenvalue weighted by Crippen LogP contribution is -2.15. The Labute approximate surface area is 157 Å². The average molecular weight is 404 g/mol. The molecule has 2 aromatic carbocycles. The van der Waals surface area contributed by atoms with Gasteiger partial charge in [-0.3, -0.25) is 4.79 Å². The topological polar surface area (TPSA) is 47.6 Å². The lowest BCUT2D eigenvalue weighted by atomic mass is 10.1. The highest BCUT2D eigenvalue weighted by molar-refractivity contribution is 9.10. The molecule has 0 bridgehead atoms. The van der Waals surface area contributed by atoms with Gasteiger partial charge in [0.05, 0.1) is 12.2 Å². The molecule has 25 heavy (non-hydrogen) atoms. The first kappa shape index (κ1) is 19.1. The van der Waals surface area contributed by atoms with Crippen LogP contribution in [0.25, 0.3) is 0 Å². The summed E-state index contributed by atoms with van der Waals surface area (Å²) >= 11 is 3.41. The van der Waals surface area contributed by atoms with Gasteiger partial charge in [-0.25, -0.2) is 0 Å². The van der Waals surface area contributed by atoms with Gasteiger partial charge >= 0.3 is 0 Å². The summed E-state index contributed by atoms with van der Waals surface area (Å²) in [5.74, 6) is 1.37. The van der Waals surface area contributed by atoms with Gasteiger partial charge in [-0.05, 0) is 36.2 Å². The molecule has 0 unspecified atom stereocenters. The van der Waals surface area contributed by atoms with Gasteiger partial charge in [0.15, 0.2) is 0 Å². The molecule has 0 aromatic heterocycles. The highest BCUT2D eigenvalue weighted by Gasteiger charge is 2.14. The molecule has 4 nitrogen and oxygen atoms in total. The van der Waals surface area contributed by atoms with Crippen LogP contribution in [0.4, 0.5) is 5.69 Å². The minimum absolute atomic E-state index is 0.235. The Kier molecular flexibility index (Phi) is 7.07. The first-order chi connectivity index (χ1) is 12.0. The predicted molar refractivity (Wildman–Crippen MR) is 105 cm³/mol. The van der Waals surface area contributed by atoms with E-state index in [0.29, 0.717) is 41.9 Å². The standard InChI is InChI=1S/C20H22BrNO3/c1-4-10-24-17-7-5-6-16(12-17)22-20(23)18-11-15(21)8-9-19(18)25-13-14(2)3/h4-9,11-12,14H,1,10,13H2,2-3H3,(H,22,23). The molecule has 1 N–H and O–H groups in total. The lowest BCUT2D eigenvalue weighted by molar-refractivity contribution is 0.102. The van der Waals surface area contributed by atoms with Crippen molar-refractivity contribution >= 4 is 27.5 Å². The van der Waals surface area contributed by atoms with Crippen molar-refractivity contribution in [3.8, 4) is 11.5 Å². The molecule has 5 heteroatoms. The fourth-order valence-corrected chi connectivity index (χ4v) is 2.44. The van der Waals surface area contributed by atoms with E-state index in [-0.39, 0.29) is 5.91 Å². The summed E-state index contributed by atoms with van der Waals surface area (Å²) in [7, 11) is 0. The summed E-state index contributed by atoms with van der Waals surface area (Å²) in [4.78, 5) is 12.7. The van der Waals surface area contributed by atoms with Crippen LogP contribution in [0, 0.1) is 5.92 Å². The summed E-state index contributed by atoms with van der Waals surface area (Å²) in [6, 6.07) is 12.6. The van der Waals surface area contributed by atoms with E-state index in [1.165, 1.54) is 0 Å². The number of rotatable bonds is 8. The quantitative estimate of drug-likeness (QED) is 0.608. The summed E-state index contributed by atoms with van der Waals surface area (Å²) in [5, 5.41) is 2.88. The summed E-state index contributed by atoms with van der Waals surface area (Å²) in [5.41, 5.74) is 1.13. The average Bonchev–Trinajstić information content (AvgIpc) is 2.59. The van der Waals surface area contributed by atoms with Crippen LogP contribution in [-0.4, -0.2) is 19.1 Å². The molecule has 132 valence electrons. The molecule has 0 aliphatic heterocycles. The van der Waals surface area contributed by atoms with Crippen LogP contribution in [0.2, 0.25) is 0 Å². The minimum Gasteiger partial charge on any atom is -0.492 e. The number of anilines is 1. The van der Waals surface area contributed by atoms with Gasteiger partial charge in [0.1, 0.15) is 18.1 Å². The fourth-order valence-electron chi connectivity index (χ4n) is 2.08. The molecule has 0 fully saturated rings. The van der Waals surface area contributed by atoms with Gasteiger partial charge in [0, 0.05) is 16.2 Å². The van der Waals surface area contributed by atoms with Crippen molar-refractivity contribution in [1.82, 2.24) is 0 Å². The molecule has 0 atom stereocenters. The number of carbonyl (C=O) groups excluding carboxylic acids is 1. The molecule has 2 rings (SSSR count). The monoisotopic (exact) mass is 403 g/mol. The Morgan fingerprint density at radius 3 is 2.76 bits per heavy atom. The summed E-state index contributed by atoms with van der Waals surface area (Å²) in [6.07, 6.45) is 1.67. The largest absolute Gasteiger partial charge is 0.492 e. The first-order valence-electron chi connectivity index (χ1n) is 8.07. The van der Waals surface area contributed by atoms with E-state index in [0.717, 1.165) is 4.47 Å². The summed E-state index contributed by atoms with van der Waals surface area (Å²) in [6.45, 7) is 8.71. The Balaban J connectivity index is 2.17. The van der Waals surface area contributed by atoms with Crippen LogP contribution in [0.15, 0.2) is 59.6 Å². The Hall–Kier alpha value is -2.27. The zero-order chi connectivity index (χ0) is 18.2. The van der Waals surface area contributed by atoms with Crippen molar-refractivity contribution in [2.75, 3.05) is 18.5 Å². The van der Waals surface area contributed by atoms with Gasteiger partial charge in [-0.15, -0.1) is 0 Å². The molecular weight excluding hydrogens is 382 g/mol. The van der Waals surface area contributed by atoms with Gasteiger partial charge < -0.3 is 14.8 Å². The second-order valence-electron chi connectivity index (χ2n) is 5.93. The number of carbonyl (C=O) groups is 1. The molecule has 0 spiro atoms. The predicted octanol–water partition coefficient (Wildman–Crippen LogP) is 5.30. The molecule has 0 saturated heterocycles. The number of benzene rings is 2. The third-order valence-electron chi connectivity index (χ3n) is 3.22. The number of ether oxygens (including phenoxy) is 2. The zero-order valence-electron chi connectivity index (χ0n) is 14.4. The molecule has 2 aromatic rings. The molecule has 0 aliphatic rings. The van der Waals surface area contributed by atoms with E-state index in [1.807, 2.05) is 24.3 Å². The summed E-state index contributed by atoms with van der Waals surface area (Å²) < 4.78 is 12.1. The van der Waals surface area contributed by atoms with Crippen LogP contribution in [-0.2, 0) is 0 Å². The van der Waals surface area contributed by atoms with E-state index < -0.39 is 0 Å². The van der Waals surface area contributed by atoms with Crippen molar-refractivity contribution in [1.29, 1.82) is 0 Å². The number of amides is 1. The van der Waals surface area contributed by atoms with Crippen LogP contribution >= 0.6 is 15.9 Å². The molecule has 0 heterocycles. The molecular formula is C20H22BrNO3. The normalized spacial score (nSPS) is 10.4. The van der Waals surface area contributed by atoms with Gasteiger partial charge in [-0.2, -0.15) is 0 Å². The van der Waals surface area contributed by atoms with Crippen molar-refractivity contribution in [3.05, 3.63) is 65.2 Å². The molecule has 1 amide bonds. The Morgan fingerprint density at radius 1 is 1.24 bits per heavy atom. The van der Waals surface area contributed by atoms with Gasteiger partial charge in [0.25, 0.3) is 5.91 Å². The second kappa shape index (κ2) is 9.28. The van der Waals surface area contributed by atoms with Crippen LogP contribution in [0.3, 0.4) is 0 Å². The molecule has 0 radical (unpaired) electrons. The second-order valence-corrected chi connectivity index (χ2v) is 6.84. The Bertz CT molecular complexity index is 743. The van der Waals surface area contributed by atoms with Gasteiger partial charge in [0.2, 0.25) is 0 Å². The fraction of sp³-hybridized carbons (Fsp3) is 0.250. The Morgan fingerprint density at radius 2 is 2.04 bits per heavy atom. The highest BCUT2D eigenvalue weighted by Crippen LogP contribution is 2.26. The van der Waals surface area contributed by atoms with E-state index in [2.05, 4.69) is 41.7 Å².